The summed E-state index contributed by atoms with van der Waals surface area (Å²) in [4.78, 5) is 34.3. The number of ether oxygens (including phenoxy) is 1. The lowest BCUT2D eigenvalue weighted by molar-refractivity contribution is -0.144. The molecule has 2 atom stereocenters. The molecule has 0 aliphatic carbocycles. The van der Waals surface area contributed by atoms with Gasteiger partial charge in [-0.3, -0.25) is 19.5 Å². The summed E-state index contributed by atoms with van der Waals surface area (Å²) in [7, 11) is 0. The van der Waals surface area contributed by atoms with Crippen LogP contribution in [0.15, 0.2) is 30.5 Å². The lowest BCUT2D eigenvalue weighted by Gasteiger charge is -2.42. The predicted octanol–water partition coefficient (Wildman–Crippen LogP) is 4.06. The number of nitrogens with one attached hydrogen (secondary N) is 1. The fraction of sp³-hybridized carbons (Fsp3) is 0.500. The number of amides is 2. The highest BCUT2D eigenvalue weighted by molar-refractivity contribution is 6.31. The number of hydrogen-bond donors (Lipinski definition) is 1. The van der Waals surface area contributed by atoms with Gasteiger partial charge in [0.05, 0.1) is 18.1 Å². The Labute approximate surface area is 206 Å². The first-order chi connectivity index (χ1) is 16.3. The Morgan fingerprint density at radius 1 is 1.24 bits per heavy atom. The highest BCUT2D eigenvalue weighted by atomic mass is 35.5. The molecule has 2 aliphatic rings. The summed E-state index contributed by atoms with van der Waals surface area (Å²) >= 11 is 6.42. The molecule has 34 heavy (non-hydrogen) atoms. The van der Waals surface area contributed by atoms with Crippen LogP contribution in [-0.2, 0) is 16.1 Å². The maximum atomic E-state index is 13.0. The van der Waals surface area contributed by atoms with Crippen molar-refractivity contribution in [3.05, 3.63) is 57.9 Å². The number of nitrogens with zero attached hydrogens (tertiary/aromatic N) is 3. The molecule has 2 unspecified atom stereocenters. The van der Waals surface area contributed by atoms with Gasteiger partial charge in [0.25, 0.3) is 5.91 Å². The van der Waals surface area contributed by atoms with Crippen LogP contribution in [0.1, 0.15) is 46.9 Å². The molecule has 2 fully saturated rings. The van der Waals surface area contributed by atoms with E-state index < -0.39 is 0 Å². The Bertz CT molecular complexity index is 1040. The SMILES string of the molecule is Cc1ccc(C(=O)Nc2cc(Cl)cc(CN3CCN(C(=O)C4CCCOC4)C(C)C3)c2C)cn1. The van der Waals surface area contributed by atoms with Crippen LogP contribution < -0.4 is 5.32 Å². The van der Waals surface area contributed by atoms with E-state index in [2.05, 4.69) is 22.1 Å². The van der Waals surface area contributed by atoms with Crippen molar-refractivity contribution >= 4 is 29.1 Å². The number of aryl methyl sites for hydroxylation is 1. The first-order valence-corrected chi connectivity index (χ1v) is 12.3. The molecule has 3 heterocycles. The molecule has 2 amide bonds. The first-order valence-electron chi connectivity index (χ1n) is 12.0. The van der Waals surface area contributed by atoms with Gasteiger partial charge in [0.15, 0.2) is 0 Å². The smallest absolute Gasteiger partial charge is 0.257 e. The summed E-state index contributed by atoms with van der Waals surface area (Å²) in [5, 5.41) is 3.57. The van der Waals surface area contributed by atoms with Crippen molar-refractivity contribution in [3.63, 3.8) is 0 Å². The summed E-state index contributed by atoms with van der Waals surface area (Å²) in [6.07, 6.45) is 3.45. The van der Waals surface area contributed by atoms with Gasteiger partial charge < -0.3 is 15.0 Å². The second kappa shape index (κ2) is 10.8. The van der Waals surface area contributed by atoms with Crippen molar-refractivity contribution in [2.45, 2.75) is 46.2 Å². The third-order valence-corrected chi connectivity index (χ3v) is 7.02. The maximum absolute atomic E-state index is 13.0. The first kappa shape index (κ1) is 24.6. The zero-order chi connectivity index (χ0) is 24.2. The molecule has 7 nitrogen and oxygen atoms in total. The molecule has 2 saturated heterocycles. The average Bonchev–Trinajstić information content (AvgIpc) is 2.82. The van der Waals surface area contributed by atoms with Crippen LogP contribution in [0.4, 0.5) is 5.69 Å². The number of benzene rings is 1. The average molecular weight is 485 g/mol. The van der Waals surface area contributed by atoms with Gasteiger partial charge in [-0.1, -0.05) is 11.6 Å². The van der Waals surface area contributed by atoms with Crippen molar-refractivity contribution < 1.29 is 14.3 Å². The standard InChI is InChI=1S/C26H33ClN4O3/c1-17-6-7-20(13-28-17)25(32)29-24-12-23(27)11-22(19(24)3)15-30-8-9-31(18(2)14-30)26(33)21-5-4-10-34-16-21/h6-7,11-13,18,21H,4-5,8-10,14-16H2,1-3H3,(H,29,32). The van der Waals surface area contributed by atoms with E-state index in [0.717, 1.165) is 49.4 Å². The highest BCUT2D eigenvalue weighted by Gasteiger charge is 2.33. The van der Waals surface area contributed by atoms with Crippen LogP contribution >= 0.6 is 11.6 Å². The zero-order valence-corrected chi connectivity index (χ0v) is 20.9. The number of carbonyl (C=O) groups excluding carboxylic acids is 2. The quantitative estimate of drug-likeness (QED) is 0.692. The fourth-order valence-corrected chi connectivity index (χ4v) is 4.98. The van der Waals surface area contributed by atoms with Crippen LogP contribution in [-0.4, -0.2) is 65.5 Å². The minimum absolute atomic E-state index is 0.00664. The molecule has 0 radical (unpaired) electrons. The third-order valence-electron chi connectivity index (χ3n) is 6.80. The van der Waals surface area contributed by atoms with Gasteiger partial charge in [0.2, 0.25) is 5.91 Å². The van der Waals surface area contributed by atoms with Crippen molar-refractivity contribution in [1.82, 2.24) is 14.8 Å². The Kier molecular flexibility index (Phi) is 7.86. The van der Waals surface area contributed by atoms with Crippen LogP contribution in [0, 0.1) is 19.8 Å². The molecular formula is C26H33ClN4O3. The van der Waals surface area contributed by atoms with Crippen molar-refractivity contribution in [2.75, 3.05) is 38.2 Å². The van der Waals surface area contributed by atoms with Gasteiger partial charge in [-0.2, -0.15) is 0 Å². The van der Waals surface area contributed by atoms with Crippen LogP contribution in [0.25, 0.3) is 0 Å². The van der Waals surface area contributed by atoms with E-state index in [1.807, 2.05) is 30.9 Å². The van der Waals surface area contributed by atoms with E-state index in [-0.39, 0.29) is 23.8 Å². The number of halogens is 1. The number of pyridine rings is 1. The molecule has 0 saturated carbocycles. The number of aromatic nitrogens is 1. The normalized spacial score (nSPS) is 21.4. The van der Waals surface area contributed by atoms with Gasteiger partial charge in [-0.25, -0.2) is 0 Å². The van der Waals surface area contributed by atoms with Gasteiger partial charge in [0, 0.05) is 61.4 Å². The summed E-state index contributed by atoms with van der Waals surface area (Å²) in [6.45, 7) is 10.3. The zero-order valence-electron chi connectivity index (χ0n) is 20.1. The number of carbonyl (C=O) groups is 2. The summed E-state index contributed by atoms with van der Waals surface area (Å²) in [5.74, 6) is 0.00506. The van der Waals surface area contributed by atoms with Gasteiger partial charge >= 0.3 is 0 Å². The molecule has 1 aromatic carbocycles. The summed E-state index contributed by atoms with van der Waals surface area (Å²) in [6, 6.07) is 7.46. The molecular weight excluding hydrogens is 452 g/mol. The van der Waals surface area contributed by atoms with E-state index in [0.29, 0.717) is 36.0 Å². The van der Waals surface area contributed by atoms with Crippen LogP contribution in [0.3, 0.4) is 0 Å². The Morgan fingerprint density at radius 2 is 2.06 bits per heavy atom. The largest absolute Gasteiger partial charge is 0.381 e. The van der Waals surface area contributed by atoms with Gasteiger partial charge in [-0.05, 0) is 69.0 Å². The molecule has 1 aromatic heterocycles. The number of rotatable bonds is 5. The van der Waals surface area contributed by atoms with E-state index >= 15 is 0 Å². The van der Waals surface area contributed by atoms with E-state index in [1.165, 1.54) is 0 Å². The Morgan fingerprint density at radius 3 is 2.74 bits per heavy atom. The lowest BCUT2D eigenvalue weighted by atomic mass is 9.99. The molecule has 2 aromatic rings. The molecule has 0 bridgehead atoms. The number of piperazine rings is 1. The van der Waals surface area contributed by atoms with Crippen LogP contribution in [0.2, 0.25) is 5.02 Å². The van der Waals surface area contributed by atoms with Gasteiger partial charge in [-0.15, -0.1) is 0 Å². The van der Waals surface area contributed by atoms with E-state index in [4.69, 9.17) is 16.3 Å². The third kappa shape index (κ3) is 5.77. The molecule has 0 spiro atoms. The second-order valence-corrected chi connectivity index (χ2v) is 9.85. The van der Waals surface area contributed by atoms with Crippen molar-refractivity contribution in [1.29, 1.82) is 0 Å². The van der Waals surface area contributed by atoms with E-state index in [9.17, 15) is 9.59 Å². The van der Waals surface area contributed by atoms with Crippen LogP contribution in [0.5, 0.6) is 0 Å². The topological polar surface area (TPSA) is 74.8 Å². The second-order valence-electron chi connectivity index (χ2n) is 9.41. The molecule has 8 heteroatoms. The number of hydrogen-bond acceptors (Lipinski definition) is 5. The maximum Gasteiger partial charge on any atom is 0.257 e. The molecule has 2 aliphatic heterocycles. The Balaban J connectivity index is 1.41. The molecule has 1 N–H and O–H groups in total. The molecule has 182 valence electrons. The number of anilines is 1. The highest BCUT2D eigenvalue weighted by Crippen LogP contribution is 2.28. The summed E-state index contributed by atoms with van der Waals surface area (Å²) < 4.78 is 5.52. The van der Waals surface area contributed by atoms with Gasteiger partial charge in [0.1, 0.15) is 0 Å². The lowest BCUT2D eigenvalue weighted by Crippen LogP contribution is -2.55. The summed E-state index contributed by atoms with van der Waals surface area (Å²) in [5.41, 5.74) is 4.12. The minimum Gasteiger partial charge on any atom is -0.381 e. The van der Waals surface area contributed by atoms with Crippen molar-refractivity contribution in [2.24, 2.45) is 5.92 Å². The predicted molar refractivity (Wildman–Crippen MR) is 133 cm³/mol. The molecule has 4 rings (SSSR count). The Hall–Kier alpha value is -2.48. The van der Waals surface area contributed by atoms with E-state index in [1.54, 1.807) is 18.3 Å². The fourth-order valence-electron chi connectivity index (χ4n) is 4.74. The monoisotopic (exact) mass is 484 g/mol. The minimum atomic E-state index is -0.212. The van der Waals surface area contributed by atoms with Crippen molar-refractivity contribution in [3.8, 4) is 0 Å².